The number of aliphatic hydroxyl groups is 2. The van der Waals surface area contributed by atoms with E-state index in [1.807, 2.05) is 85.8 Å². The predicted octanol–water partition coefficient (Wildman–Crippen LogP) is 5.12. The number of aryl methyl sites for hydroxylation is 1. The number of amides is 2. The molecular weight excluding hydrogens is 648 g/mol. The van der Waals surface area contributed by atoms with E-state index in [4.69, 9.17) is 10.2 Å². The zero-order valence-corrected chi connectivity index (χ0v) is 27.0. The van der Waals surface area contributed by atoms with Crippen molar-refractivity contribution in [3.05, 3.63) is 118 Å². The van der Waals surface area contributed by atoms with Gasteiger partial charge in [-0.2, -0.15) is 5.10 Å². The fourth-order valence-electron chi connectivity index (χ4n) is 5.96. The van der Waals surface area contributed by atoms with Crippen molar-refractivity contribution in [1.82, 2.24) is 15.0 Å². The van der Waals surface area contributed by atoms with Crippen LogP contribution in [0.4, 0.5) is 11.4 Å². The molecule has 0 fully saturated rings. The summed E-state index contributed by atoms with van der Waals surface area (Å²) in [6.45, 7) is 2.64. The molecule has 6 rings (SSSR count). The monoisotopic (exact) mass is 682 g/mol. The second-order valence-corrected chi connectivity index (χ2v) is 12.5. The Bertz CT molecular complexity index is 1810. The average Bonchev–Trinajstić information content (AvgIpc) is 3.60. The molecule has 0 radical (unpaired) electrons. The van der Waals surface area contributed by atoms with Crippen molar-refractivity contribution in [2.45, 2.75) is 51.3 Å². The molecule has 0 unspecified atom stereocenters. The molecule has 2 amide bonds. The smallest absolute Gasteiger partial charge is 0.264 e. The topological polar surface area (TPSA) is 124 Å². The quantitative estimate of drug-likeness (QED) is 0.212. The number of nitrogens with zero attached hydrogens (tertiary/aromatic N) is 6. The lowest BCUT2D eigenvalue weighted by Gasteiger charge is -2.28. The maximum absolute atomic E-state index is 14.1. The zero-order chi connectivity index (χ0) is 32.3. The summed E-state index contributed by atoms with van der Waals surface area (Å²) in [5, 5.41) is 35.4. The Morgan fingerprint density at radius 2 is 1.87 bits per heavy atom. The molecule has 2 aliphatic rings. The highest BCUT2D eigenvalue weighted by Crippen LogP contribution is 2.47. The van der Waals surface area contributed by atoms with Crippen LogP contribution < -0.4 is 9.91 Å². The Hall–Kier alpha value is -4.45. The van der Waals surface area contributed by atoms with Crippen LogP contribution in [0.25, 0.3) is 0 Å². The van der Waals surface area contributed by atoms with Crippen molar-refractivity contribution in [2.24, 2.45) is 11.0 Å². The first-order valence-electron chi connectivity index (χ1n) is 15.3. The van der Waals surface area contributed by atoms with Crippen LogP contribution in [0.3, 0.4) is 0 Å². The first-order chi connectivity index (χ1) is 22.3. The van der Waals surface area contributed by atoms with Crippen LogP contribution in [-0.2, 0) is 34.7 Å². The van der Waals surface area contributed by atoms with Gasteiger partial charge in [0.25, 0.3) is 5.91 Å². The van der Waals surface area contributed by atoms with E-state index in [1.54, 1.807) is 21.8 Å². The summed E-state index contributed by atoms with van der Waals surface area (Å²) >= 11 is 3.52. The molecule has 0 spiro atoms. The molecule has 46 heavy (non-hydrogen) atoms. The number of carbonyl (C=O) groups is 2. The van der Waals surface area contributed by atoms with Crippen molar-refractivity contribution in [3.63, 3.8) is 0 Å². The van der Waals surface area contributed by atoms with Gasteiger partial charge in [-0.05, 0) is 47.9 Å². The van der Waals surface area contributed by atoms with Gasteiger partial charge in [-0.15, -0.1) is 5.10 Å². The number of aromatic nitrogens is 3. The van der Waals surface area contributed by atoms with Gasteiger partial charge in [-0.25, -0.2) is 5.01 Å². The number of carbonyl (C=O) groups excluding carboxylic acids is 2. The van der Waals surface area contributed by atoms with E-state index < -0.39 is 17.4 Å². The van der Waals surface area contributed by atoms with Crippen molar-refractivity contribution in [2.75, 3.05) is 16.5 Å². The summed E-state index contributed by atoms with van der Waals surface area (Å²) in [6, 6.07) is 22.8. The van der Waals surface area contributed by atoms with E-state index >= 15 is 0 Å². The molecule has 3 heterocycles. The summed E-state index contributed by atoms with van der Waals surface area (Å²) in [6.07, 6.45) is 7.62. The standard InChI is InChI=1S/C35H35BrN6O4/c1-24(8-5-6-18-40-23-28(17-19-43)37-39-40)35(46)30-21-27(36)13-15-32(30)41(34(35)45)22-25-9-7-12-29(20-25)42-33(44)16-14-31(38-42)26-10-3-2-4-11-26/h2-5,7-13,15,20-21,23-24,43,46H,6,14,16-19,22H2,1H3/b8-5+/t24-,35+/m0/s1. The minimum atomic E-state index is -1.77. The summed E-state index contributed by atoms with van der Waals surface area (Å²) in [5.41, 5.74) is 3.38. The maximum atomic E-state index is 14.1. The average molecular weight is 684 g/mol. The molecule has 236 valence electrons. The van der Waals surface area contributed by atoms with E-state index in [1.165, 1.54) is 5.01 Å². The molecule has 3 aromatic carbocycles. The molecule has 0 saturated heterocycles. The van der Waals surface area contributed by atoms with Crippen LogP contribution in [-0.4, -0.2) is 49.3 Å². The molecule has 2 atom stereocenters. The Labute approximate surface area is 275 Å². The van der Waals surface area contributed by atoms with Gasteiger partial charge in [0.2, 0.25) is 5.91 Å². The summed E-state index contributed by atoms with van der Waals surface area (Å²) in [7, 11) is 0. The van der Waals surface area contributed by atoms with E-state index in [9.17, 15) is 14.7 Å². The van der Waals surface area contributed by atoms with Crippen molar-refractivity contribution >= 4 is 44.8 Å². The molecule has 0 bridgehead atoms. The number of hydrazone groups is 1. The first-order valence-corrected chi connectivity index (χ1v) is 16.1. The largest absolute Gasteiger partial charge is 0.396 e. The lowest BCUT2D eigenvalue weighted by Crippen LogP contribution is -2.44. The zero-order valence-electron chi connectivity index (χ0n) is 25.5. The Morgan fingerprint density at radius 3 is 2.67 bits per heavy atom. The number of aliphatic hydroxyl groups excluding tert-OH is 1. The van der Waals surface area contributed by atoms with Crippen LogP contribution in [0.5, 0.6) is 0 Å². The Balaban J connectivity index is 1.22. The number of hydrogen-bond donors (Lipinski definition) is 2. The van der Waals surface area contributed by atoms with Crippen LogP contribution in [0.1, 0.15) is 48.6 Å². The molecule has 4 aromatic rings. The summed E-state index contributed by atoms with van der Waals surface area (Å²) in [5.74, 6) is -1.03. The third-order valence-corrected chi connectivity index (χ3v) is 8.92. The lowest BCUT2D eigenvalue weighted by atomic mass is 9.83. The number of hydrogen-bond acceptors (Lipinski definition) is 7. The molecule has 0 saturated carbocycles. The minimum Gasteiger partial charge on any atom is -0.396 e. The molecule has 10 nitrogen and oxygen atoms in total. The Morgan fingerprint density at radius 1 is 1.04 bits per heavy atom. The number of halogens is 1. The van der Waals surface area contributed by atoms with Crippen molar-refractivity contribution < 1.29 is 19.8 Å². The fraction of sp³-hybridized carbons (Fsp3) is 0.286. The molecule has 1 aromatic heterocycles. The van der Waals surface area contributed by atoms with E-state index in [0.717, 1.165) is 27.0 Å². The first kappa shape index (κ1) is 31.5. The van der Waals surface area contributed by atoms with E-state index in [2.05, 4.69) is 26.2 Å². The highest BCUT2D eigenvalue weighted by atomic mass is 79.9. The van der Waals surface area contributed by atoms with Gasteiger partial charge in [0.15, 0.2) is 5.60 Å². The SMILES string of the molecule is C[C@@H](/C=C/CCn1cc(CCO)nn1)[C@]1(O)C(=O)N(Cc2cccc(N3N=C(c4ccccc4)CCC3=O)c2)c2ccc(Br)cc21. The number of allylic oxidation sites excluding steroid dienone is 1. The van der Waals surface area contributed by atoms with Crippen molar-refractivity contribution in [1.29, 1.82) is 0 Å². The van der Waals surface area contributed by atoms with E-state index in [-0.39, 0.29) is 19.1 Å². The molecule has 11 heteroatoms. The highest BCUT2D eigenvalue weighted by Gasteiger charge is 2.52. The van der Waals surface area contributed by atoms with Crippen LogP contribution in [0.15, 0.2) is 101 Å². The number of benzene rings is 3. The van der Waals surface area contributed by atoms with Crippen molar-refractivity contribution in [3.8, 4) is 0 Å². The molecule has 2 N–H and O–H groups in total. The van der Waals surface area contributed by atoms with Crippen LogP contribution >= 0.6 is 15.9 Å². The van der Waals surface area contributed by atoms with Gasteiger partial charge in [0.1, 0.15) is 0 Å². The number of anilines is 2. The lowest BCUT2D eigenvalue weighted by molar-refractivity contribution is -0.139. The normalized spacial score (nSPS) is 18.7. The van der Waals surface area contributed by atoms with Crippen LogP contribution in [0, 0.1) is 5.92 Å². The van der Waals surface area contributed by atoms with Gasteiger partial charge in [-0.1, -0.05) is 82.7 Å². The van der Waals surface area contributed by atoms with Gasteiger partial charge >= 0.3 is 0 Å². The fourth-order valence-corrected chi connectivity index (χ4v) is 6.32. The van der Waals surface area contributed by atoms with Crippen LogP contribution in [0.2, 0.25) is 0 Å². The van der Waals surface area contributed by atoms with Gasteiger partial charge in [0, 0.05) is 54.6 Å². The number of rotatable bonds is 11. The third-order valence-electron chi connectivity index (χ3n) is 8.43. The van der Waals surface area contributed by atoms with Gasteiger partial charge in [-0.3, -0.25) is 14.3 Å². The molecule has 0 aliphatic carbocycles. The molecular formula is C35H35BrN6O4. The van der Waals surface area contributed by atoms with Gasteiger partial charge < -0.3 is 15.1 Å². The predicted molar refractivity (Wildman–Crippen MR) is 179 cm³/mol. The minimum absolute atomic E-state index is 0.0189. The summed E-state index contributed by atoms with van der Waals surface area (Å²) < 4.78 is 2.47. The maximum Gasteiger partial charge on any atom is 0.264 e. The number of fused-ring (bicyclic) bond motifs is 1. The van der Waals surface area contributed by atoms with Gasteiger partial charge in [0.05, 0.1) is 29.3 Å². The third kappa shape index (κ3) is 6.31. The second-order valence-electron chi connectivity index (χ2n) is 11.6. The Kier molecular flexibility index (Phi) is 9.25. The van der Waals surface area contributed by atoms with E-state index in [0.29, 0.717) is 49.2 Å². The summed E-state index contributed by atoms with van der Waals surface area (Å²) in [4.78, 5) is 28.7. The highest BCUT2D eigenvalue weighted by molar-refractivity contribution is 9.10. The second kappa shape index (κ2) is 13.5. The molecule has 2 aliphatic heterocycles.